The zero-order valence-corrected chi connectivity index (χ0v) is 10.8. The Morgan fingerprint density at radius 2 is 2.32 bits per heavy atom. The number of nitrogens with two attached hydrogens (primary N) is 1. The normalized spacial score (nSPS) is 10.2. The Balaban J connectivity index is 2.14. The molecule has 0 unspecified atom stereocenters. The second-order valence-electron chi connectivity index (χ2n) is 4.05. The first-order chi connectivity index (χ1) is 9.11. The van der Waals surface area contributed by atoms with Gasteiger partial charge in [-0.15, -0.1) is 0 Å². The number of hydrogen-bond acceptors (Lipinski definition) is 5. The maximum Gasteiger partial charge on any atom is 0.256 e. The predicted molar refractivity (Wildman–Crippen MR) is 69.6 cm³/mol. The van der Waals surface area contributed by atoms with Crippen molar-refractivity contribution in [2.24, 2.45) is 0 Å². The zero-order valence-electron chi connectivity index (χ0n) is 10.8. The van der Waals surface area contributed by atoms with E-state index in [0.29, 0.717) is 29.4 Å². The lowest BCUT2D eigenvalue weighted by Crippen LogP contribution is -2.27. The molecule has 1 aromatic heterocycles. The predicted octanol–water partition coefficient (Wildman–Crippen LogP) is 0.668. The molecule has 1 heterocycles. The molecule has 0 saturated heterocycles. The standard InChI is InChI=1S/C12H15N5O2/c1-17(6-11-14-7-15-16-11)12(18)9-4-3-8(19-2)5-10(9)13/h3-5,7H,6,13H2,1-2H3,(H,14,15,16). The van der Waals surface area contributed by atoms with Crippen LogP contribution >= 0.6 is 0 Å². The molecule has 1 aromatic carbocycles. The van der Waals surface area contributed by atoms with Gasteiger partial charge in [0.1, 0.15) is 17.9 Å². The van der Waals surface area contributed by atoms with Crippen molar-refractivity contribution < 1.29 is 9.53 Å². The molecule has 0 atom stereocenters. The van der Waals surface area contributed by atoms with Gasteiger partial charge in [0.25, 0.3) is 5.91 Å². The Morgan fingerprint density at radius 3 is 2.89 bits per heavy atom. The van der Waals surface area contributed by atoms with E-state index in [-0.39, 0.29) is 5.91 Å². The summed E-state index contributed by atoms with van der Waals surface area (Å²) in [5.74, 6) is 1.05. The van der Waals surface area contributed by atoms with Crippen LogP contribution in [0.4, 0.5) is 5.69 Å². The second-order valence-corrected chi connectivity index (χ2v) is 4.05. The van der Waals surface area contributed by atoms with Gasteiger partial charge in [-0.1, -0.05) is 0 Å². The number of methoxy groups -OCH3 is 1. The topological polar surface area (TPSA) is 97.1 Å². The highest BCUT2D eigenvalue weighted by atomic mass is 16.5. The molecule has 2 aromatic rings. The summed E-state index contributed by atoms with van der Waals surface area (Å²) in [4.78, 5) is 17.7. The van der Waals surface area contributed by atoms with Crippen molar-refractivity contribution in [3.63, 3.8) is 0 Å². The van der Waals surface area contributed by atoms with Crippen LogP contribution < -0.4 is 10.5 Å². The third-order valence-corrected chi connectivity index (χ3v) is 2.69. The summed E-state index contributed by atoms with van der Waals surface area (Å²) < 4.78 is 5.05. The van der Waals surface area contributed by atoms with Crippen LogP contribution in [0.15, 0.2) is 24.5 Å². The van der Waals surface area contributed by atoms with Crippen LogP contribution in [0, 0.1) is 0 Å². The Labute approximate surface area is 110 Å². The number of nitrogens with one attached hydrogen (secondary N) is 1. The van der Waals surface area contributed by atoms with Crippen molar-refractivity contribution >= 4 is 11.6 Å². The minimum atomic E-state index is -0.184. The summed E-state index contributed by atoms with van der Waals surface area (Å²) in [5.41, 5.74) is 6.66. The minimum absolute atomic E-state index is 0.184. The summed E-state index contributed by atoms with van der Waals surface area (Å²) in [6.45, 7) is 0.338. The van der Waals surface area contributed by atoms with Gasteiger partial charge in [-0.05, 0) is 12.1 Å². The van der Waals surface area contributed by atoms with Crippen LogP contribution in [0.5, 0.6) is 5.75 Å². The third kappa shape index (κ3) is 2.82. The molecule has 2 rings (SSSR count). The number of amides is 1. The van der Waals surface area contributed by atoms with Gasteiger partial charge >= 0.3 is 0 Å². The fourth-order valence-electron chi connectivity index (χ4n) is 1.67. The van der Waals surface area contributed by atoms with E-state index >= 15 is 0 Å². The molecular formula is C12H15N5O2. The average molecular weight is 261 g/mol. The van der Waals surface area contributed by atoms with Crippen molar-refractivity contribution in [3.05, 3.63) is 35.9 Å². The minimum Gasteiger partial charge on any atom is -0.497 e. The highest BCUT2D eigenvalue weighted by Gasteiger charge is 2.16. The van der Waals surface area contributed by atoms with Gasteiger partial charge in [0.15, 0.2) is 0 Å². The molecule has 0 aliphatic heterocycles. The fraction of sp³-hybridized carbons (Fsp3) is 0.250. The average Bonchev–Trinajstić information content (AvgIpc) is 2.90. The number of carbonyl (C=O) groups is 1. The number of carbonyl (C=O) groups excluding carboxylic acids is 1. The highest BCUT2D eigenvalue weighted by molar-refractivity contribution is 5.99. The van der Waals surface area contributed by atoms with Crippen molar-refractivity contribution in [1.82, 2.24) is 20.1 Å². The number of nitrogens with zero attached hydrogens (tertiary/aromatic N) is 3. The maximum absolute atomic E-state index is 12.2. The van der Waals surface area contributed by atoms with E-state index in [1.54, 1.807) is 32.4 Å². The van der Waals surface area contributed by atoms with Gasteiger partial charge in [-0.2, -0.15) is 5.10 Å². The monoisotopic (exact) mass is 261 g/mol. The first-order valence-electron chi connectivity index (χ1n) is 5.65. The smallest absolute Gasteiger partial charge is 0.256 e. The SMILES string of the molecule is COc1ccc(C(=O)N(C)Cc2ncn[nH]2)c(N)c1. The van der Waals surface area contributed by atoms with Gasteiger partial charge in [-0.3, -0.25) is 9.89 Å². The number of anilines is 1. The number of ether oxygens (including phenoxy) is 1. The van der Waals surface area contributed by atoms with Crippen LogP contribution in [0.3, 0.4) is 0 Å². The lowest BCUT2D eigenvalue weighted by molar-refractivity contribution is 0.0782. The van der Waals surface area contributed by atoms with E-state index in [9.17, 15) is 4.79 Å². The maximum atomic E-state index is 12.2. The lowest BCUT2D eigenvalue weighted by atomic mass is 10.1. The molecule has 7 nitrogen and oxygen atoms in total. The highest BCUT2D eigenvalue weighted by Crippen LogP contribution is 2.21. The number of nitrogen functional groups attached to an aromatic ring is 1. The Bertz CT molecular complexity index is 568. The van der Waals surface area contributed by atoms with Crippen molar-refractivity contribution in [2.75, 3.05) is 19.9 Å². The van der Waals surface area contributed by atoms with Crippen LogP contribution in [0.25, 0.3) is 0 Å². The van der Waals surface area contributed by atoms with E-state index in [1.165, 1.54) is 11.2 Å². The molecule has 100 valence electrons. The molecule has 0 aliphatic rings. The summed E-state index contributed by atoms with van der Waals surface area (Å²) in [7, 11) is 3.22. The molecule has 0 bridgehead atoms. The number of benzene rings is 1. The Kier molecular flexibility index (Phi) is 3.65. The molecule has 0 fully saturated rings. The summed E-state index contributed by atoms with van der Waals surface area (Å²) in [6, 6.07) is 4.97. The van der Waals surface area contributed by atoms with E-state index in [1.807, 2.05) is 0 Å². The van der Waals surface area contributed by atoms with Crippen LogP contribution in [0.1, 0.15) is 16.2 Å². The largest absolute Gasteiger partial charge is 0.497 e. The summed E-state index contributed by atoms with van der Waals surface area (Å²) >= 11 is 0. The molecular weight excluding hydrogens is 246 g/mol. The lowest BCUT2D eigenvalue weighted by Gasteiger charge is -2.17. The molecule has 1 amide bonds. The number of hydrogen-bond donors (Lipinski definition) is 2. The van der Waals surface area contributed by atoms with E-state index < -0.39 is 0 Å². The van der Waals surface area contributed by atoms with E-state index in [4.69, 9.17) is 10.5 Å². The van der Waals surface area contributed by atoms with Gasteiger partial charge in [0.05, 0.1) is 19.2 Å². The zero-order chi connectivity index (χ0) is 13.8. The quantitative estimate of drug-likeness (QED) is 0.788. The van der Waals surface area contributed by atoms with Gasteiger partial charge in [0, 0.05) is 18.8 Å². The van der Waals surface area contributed by atoms with Gasteiger partial charge in [-0.25, -0.2) is 4.98 Å². The number of rotatable bonds is 4. The molecule has 0 saturated carbocycles. The summed E-state index contributed by atoms with van der Waals surface area (Å²) in [5, 5.41) is 6.43. The number of aromatic nitrogens is 3. The first-order valence-corrected chi connectivity index (χ1v) is 5.65. The molecule has 19 heavy (non-hydrogen) atoms. The van der Waals surface area contributed by atoms with Gasteiger partial charge in [0.2, 0.25) is 0 Å². The first kappa shape index (κ1) is 12.9. The number of H-pyrrole nitrogens is 1. The number of aromatic amines is 1. The van der Waals surface area contributed by atoms with Crippen LogP contribution in [-0.2, 0) is 6.54 Å². The third-order valence-electron chi connectivity index (χ3n) is 2.69. The van der Waals surface area contributed by atoms with E-state index in [2.05, 4.69) is 15.2 Å². The molecule has 0 radical (unpaired) electrons. The van der Waals surface area contributed by atoms with Crippen molar-refractivity contribution in [2.45, 2.75) is 6.54 Å². The second kappa shape index (κ2) is 5.38. The van der Waals surface area contributed by atoms with Gasteiger partial charge < -0.3 is 15.4 Å². The molecule has 3 N–H and O–H groups in total. The fourth-order valence-corrected chi connectivity index (χ4v) is 1.67. The van der Waals surface area contributed by atoms with E-state index in [0.717, 1.165) is 0 Å². The molecule has 7 heteroatoms. The van der Waals surface area contributed by atoms with Crippen molar-refractivity contribution in [1.29, 1.82) is 0 Å². The summed E-state index contributed by atoms with van der Waals surface area (Å²) in [6.07, 6.45) is 1.40. The molecule has 0 aliphatic carbocycles. The molecule has 0 spiro atoms. The van der Waals surface area contributed by atoms with Crippen molar-refractivity contribution in [3.8, 4) is 5.75 Å². The Morgan fingerprint density at radius 1 is 1.53 bits per heavy atom. The van der Waals surface area contributed by atoms with Crippen LogP contribution in [-0.4, -0.2) is 40.1 Å². The van der Waals surface area contributed by atoms with Crippen LogP contribution in [0.2, 0.25) is 0 Å². The Hall–Kier alpha value is -2.57.